The molecule has 2 heteroatoms. The van der Waals surface area contributed by atoms with Crippen molar-refractivity contribution in [1.29, 1.82) is 0 Å². The number of benzene rings is 2. The van der Waals surface area contributed by atoms with Gasteiger partial charge < -0.3 is 5.32 Å². The van der Waals surface area contributed by atoms with Gasteiger partial charge in [0.15, 0.2) is 0 Å². The molecule has 1 nitrogen and oxygen atoms in total. The summed E-state index contributed by atoms with van der Waals surface area (Å²) in [6.07, 6.45) is 1.09. The molecular weight excluding hydrogens is 249 g/mol. The van der Waals surface area contributed by atoms with Gasteiger partial charge in [0.1, 0.15) is 5.82 Å². The fraction of sp³-hybridized carbons (Fsp3) is 0.333. The highest BCUT2D eigenvalue weighted by Gasteiger charge is 2.11. The SMILES string of the molecule is CCCNC(C)c1ccc(F)c(-c2ccccc2C)c1. The van der Waals surface area contributed by atoms with E-state index in [9.17, 15) is 4.39 Å². The maximum absolute atomic E-state index is 14.1. The third-order valence-electron chi connectivity index (χ3n) is 3.63. The van der Waals surface area contributed by atoms with Crippen molar-refractivity contribution in [2.75, 3.05) is 6.54 Å². The van der Waals surface area contributed by atoms with E-state index in [-0.39, 0.29) is 11.9 Å². The molecule has 2 rings (SSSR count). The first-order chi connectivity index (χ1) is 9.63. The molecule has 0 aromatic heterocycles. The Bertz CT molecular complexity index is 577. The van der Waals surface area contributed by atoms with Crippen molar-refractivity contribution in [2.24, 2.45) is 0 Å². The van der Waals surface area contributed by atoms with Crippen molar-refractivity contribution < 1.29 is 4.39 Å². The molecule has 0 amide bonds. The Morgan fingerprint density at radius 3 is 2.55 bits per heavy atom. The fourth-order valence-electron chi connectivity index (χ4n) is 2.37. The van der Waals surface area contributed by atoms with E-state index in [1.165, 1.54) is 0 Å². The van der Waals surface area contributed by atoms with E-state index in [4.69, 9.17) is 0 Å². The molecule has 0 radical (unpaired) electrons. The maximum Gasteiger partial charge on any atom is 0.131 e. The van der Waals surface area contributed by atoms with Crippen molar-refractivity contribution >= 4 is 0 Å². The molecule has 0 heterocycles. The summed E-state index contributed by atoms with van der Waals surface area (Å²) in [5.41, 5.74) is 3.87. The molecule has 0 fully saturated rings. The maximum atomic E-state index is 14.1. The quantitative estimate of drug-likeness (QED) is 0.818. The second-order valence-corrected chi connectivity index (χ2v) is 5.23. The van der Waals surface area contributed by atoms with E-state index >= 15 is 0 Å². The second-order valence-electron chi connectivity index (χ2n) is 5.23. The van der Waals surface area contributed by atoms with Gasteiger partial charge >= 0.3 is 0 Å². The van der Waals surface area contributed by atoms with Crippen LogP contribution in [0.1, 0.15) is 37.4 Å². The minimum Gasteiger partial charge on any atom is -0.310 e. The van der Waals surface area contributed by atoms with Crippen LogP contribution < -0.4 is 5.32 Å². The van der Waals surface area contributed by atoms with Crippen molar-refractivity contribution in [3.63, 3.8) is 0 Å². The molecule has 0 aliphatic rings. The van der Waals surface area contributed by atoms with Gasteiger partial charge in [-0.05, 0) is 55.6 Å². The molecule has 0 bridgehead atoms. The number of hydrogen-bond acceptors (Lipinski definition) is 1. The Labute approximate surface area is 120 Å². The Morgan fingerprint density at radius 1 is 1.10 bits per heavy atom. The molecule has 0 saturated heterocycles. The lowest BCUT2D eigenvalue weighted by Crippen LogP contribution is -2.19. The Balaban J connectivity index is 2.37. The summed E-state index contributed by atoms with van der Waals surface area (Å²) in [5, 5.41) is 3.44. The zero-order chi connectivity index (χ0) is 14.5. The molecule has 0 aliphatic carbocycles. The summed E-state index contributed by atoms with van der Waals surface area (Å²) in [5.74, 6) is -0.161. The average Bonchev–Trinajstić information content (AvgIpc) is 2.46. The minimum atomic E-state index is -0.161. The summed E-state index contributed by atoms with van der Waals surface area (Å²) < 4.78 is 14.1. The van der Waals surface area contributed by atoms with Crippen LogP contribution in [0, 0.1) is 12.7 Å². The van der Waals surface area contributed by atoms with Gasteiger partial charge in [-0.3, -0.25) is 0 Å². The average molecular weight is 271 g/mol. The van der Waals surface area contributed by atoms with Crippen LogP contribution in [0.15, 0.2) is 42.5 Å². The number of halogens is 1. The van der Waals surface area contributed by atoms with Crippen LogP contribution in [-0.4, -0.2) is 6.54 Å². The Hall–Kier alpha value is -1.67. The standard InChI is InChI=1S/C18H22FN/c1-4-11-20-14(3)15-9-10-18(19)17(12-15)16-8-6-5-7-13(16)2/h5-10,12,14,20H,4,11H2,1-3H3. The van der Waals surface area contributed by atoms with Crippen LogP contribution in [-0.2, 0) is 0 Å². The normalized spacial score (nSPS) is 12.4. The molecule has 0 saturated carbocycles. The highest BCUT2D eigenvalue weighted by atomic mass is 19.1. The summed E-state index contributed by atoms with van der Waals surface area (Å²) in [6.45, 7) is 7.24. The van der Waals surface area contributed by atoms with E-state index in [0.717, 1.165) is 29.7 Å². The van der Waals surface area contributed by atoms with Crippen LogP contribution >= 0.6 is 0 Å². The number of rotatable bonds is 5. The molecule has 2 aromatic carbocycles. The predicted octanol–water partition coefficient (Wildman–Crippen LogP) is 4.86. The number of nitrogens with one attached hydrogen (secondary N) is 1. The predicted molar refractivity (Wildman–Crippen MR) is 83.3 cm³/mol. The monoisotopic (exact) mass is 271 g/mol. The van der Waals surface area contributed by atoms with Crippen LogP contribution in [0.4, 0.5) is 4.39 Å². The highest BCUT2D eigenvalue weighted by Crippen LogP contribution is 2.28. The lowest BCUT2D eigenvalue weighted by molar-refractivity contribution is 0.568. The lowest BCUT2D eigenvalue weighted by Gasteiger charge is -2.16. The summed E-state index contributed by atoms with van der Waals surface area (Å²) in [4.78, 5) is 0. The lowest BCUT2D eigenvalue weighted by atomic mass is 9.96. The summed E-state index contributed by atoms with van der Waals surface area (Å²) >= 11 is 0. The molecular formula is C18H22FN. The van der Waals surface area contributed by atoms with Gasteiger partial charge in [0.2, 0.25) is 0 Å². The van der Waals surface area contributed by atoms with Crippen molar-refractivity contribution in [2.45, 2.75) is 33.2 Å². The fourth-order valence-corrected chi connectivity index (χ4v) is 2.37. The van der Waals surface area contributed by atoms with Crippen molar-refractivity contribution in [1.82, 2.24) is 5.32 Å². The van der Waals surface area contributed by atoms with Crippen molar-refractivity contribution in [3.05, 3.63) is 59.4 Å². The van der Waals surface area contributed by atoms with E-state index in [1.54, 1.807) is 6.07 Å². The second kappa shape index (κ2) is 6.67. The summed E-state index contributed by atoms with van der Waals surface area (Å²) in [6, 6.07) is 13.6. The van der Waals surface area contributed by atoms with Gasteiger partial charge in [0.25, 0.3) is 0 Å². The zero-order valence-corrected chi connectivity index (χ0v) is 12.4. The number of hydrogen-bond donors (Lipinski definition) is 1. The topological polar surface area (TPSA) is 12.0 Å². The molecule has 106 valence electrons. The minimum absolute atomic E-state index is 0.161. The van der Waals surface area contributed by atoms with Gasteiger partial charge in [-0.15, -0.1) is 0 Å². The van der Waals surface area contributed by atoms with Crippen LogP contribution in [0.5, 0.6) is 0 Å². The third kappa shape index (κ3) is 3.26. The van der Waals surface area contributed by atoms with E-state index in [0.29, 0.717) is 5.56 Å². The van der Waals surface area contributed by atoms with Gasteiger partial charge in [-0.25, -0.2) is 4.39 Å². The molecule has 20 heavy (non-hydrogen) atoms. The van der Waals surface area contributed by atoms with Gasteiger partial charge in [-0.1, -0.05) is 37.3 Å². The van der Waals surface area contributed by atoms with Crippen molar-refractivity contribution in [3.8, 4) is 11.1 Å². The Kier molecular flexibility index (Phi) is 4.91. The first kappa shape index (κ1) is 14.7. The Morgan fingerprint density at radius 2 is 1.85 bits per heavy atom. The molecule has 1 N–H and O–H groups in total. The van der Waals surface area contributed by atoms with E-state index in [2.05, 4.69) is 19.2 Å². The molecule has 0 spiro atoms. The van der Waals surface area contributed by atoms with Crippen LogP contribution in [0.2, 0.25) is 0 Å². The van der Waals surface area contributed by atoms with Crippen LogP contribution in [0.25, 0.3) is 11.1 Å². The highest BCUT2D eigenvalue weighted by molar-refractivity contribution is 5.68. The molecule has 1 atom stereocenters. The van der Waals surface area contributed by atoms with Gasteiger partial charge in [0, 0.05) is 11.6 Å². The summed E-state index contributed by atoms with van der Waals surface area (Å²) in [7, 11) is 0. The van der Waals surface area contributed by atoms with E-state index < -0.39 is 0 Å². The first-order valence-electron chi connectivity index (χ1n) is 7.22. The van der Waals surface area contributed by atoms with Crippen LogP contribution in [0.3, 0.4) is 0 Å². The molecule has 0 aliphatic heterocycles. The number of aryl methyl sites for hydroxylation is 1. The van der Waals surface area contributed by atoms with Gasteiger partial charge in [0.05, 0.1) is 0 Å². The zero-order valence-electron chi connectivity index (χ0n) is 12.4. The van der Waals surface area contributed by atoms with E-state index in [1.807, 2.05) is 43.3 Å². The molecule has 2 aromatic rings. The first-order valence-corrected chi connectivity index (χ1v) is 7.22. The third-order valence-corrected chi connectivity index (χ3v) is 3.63. The van der Waals surface area contributed by atoms with Gasteiger partial charge in [-0.2, -0.15) is 0 Å². The molecule has 1 unspecified atom stereocenters. The smallest absolute Gasteiger partial charge is 0.131 e. The largest absolute Gasteiger partial charge is 0.310 e.